The number of aliphatic carboxylic acids is 1. The van der Waals surface area contributed by atoms with Gasteiger partial charge in [-0.15, -0.1) is 0 Å². The van der Waals surface area contributed by atoms with Crippen molar-refractivity contribution >= 4 is 5.97 Å². The molecule has 0 aromatic carbocycles. The van der Waals surface area contributed by atoms with Crippen LogP contribution in [0.4, 0.5) is 0 Å². The SMILES string of the molecule is CC1=C(CC/C(C)=C/C(=O)O)[C@@]2(C)CCCC(C)(C)C2CC1. The van der Waals surface area contributed by atoms with Crippen molar-refractivity contribution in [3.8, 4) is 0 Å². The number of rotatable bonds is 4. The van der Waals surface area contributed by atoms with Gasteiger partial charge in [0.05, 0.1) is 0 Å². The molecule has 0 heterocycles. The largest absolute Gasteiger partial charge is 0.478 e. The summed E-state index contributed by atoms with van der Waals surface area (Å²) in [6.45, 7) is 11.6. The molecule has 2 aliphatic rings. The van der Waals surface area contributed by atoms with Crippen LogP contribution < -0.4 is 0 Å². The van der Waals surface area contributed by atoms with E-state index in [-0.39, 0.29) is 0 Å². The van der Waals surface area contributed by atoms with E-state index < -0.39 is 5.97 Å². The molecule has 0 amide bonds. The van der Waals surface area contributed by atoms with Crippen LogP contribution >= 0.6 is 0 Å². The summed E-state index contributed by atoms with van der Waals surface area (Å²) in [6.07, 6.45) is 9.78. The molecule has 0 aliphatic heterocycles. The zero-order valence-corrected chi connectivity index (χ0v) is 15.0. The van der Waals surface area contributed by atoms with Gasteiger partial charge in [-0.2, -0.15) is 0 Å². The zero-order chi connectivity index (χ0) is 16.5. The Balaban J connectivity index is 2.23. The summed E-state index contributed by atoms with van der Waals surface area (Å²) in [5, 5.41) is 8.89. The van der Waals surface area contributed by atoms with E-state index in [9.17, 15) is 4.79 Å². The van der Waals surface area contributed by atoms with Crippen molar-refractivity contribution in [3.63, 3.8) is 0 Å². The Kier molecular flexibility index (Phi) is 4.89. The molecule has 1 unspecified atom stereocenters. The maximum Gasteiger partial charge on any atom is 0.328 e. The fourth-order valence-corrected chi connectivity index (χ4v) is 5.30. The first-order valence-electron chi connectivity index (χ1n) is 8.76. The summed E-state index contributed by atoms with van der Waals surface area (Å²) < 4.78 is 0. The number of carboxylic acids is 1. The van der Waals surface area contributed by atoms with Crippen molar-refractivity contribution in [2.75, 3.05) is 0 Å². The van der Waals surface area contributed by atoms with Gasteiger partial charge in [0.15, 0.2) is 0 Å². The van der Waals surface area contributed by atoms with Crippen molar-refractivity contribution in [3.05, 3.63) is 22.8 Å². The lowest BCUT2D eigenvalue weighted by Gasteiger charge is -2.55. The fourth-order valence-electron chi connectivity index (χ4n) is 5.30. The Morgan fingerprint density at radius 1 is 1.32 bits per heavy atom. The lowest BCUT2D eigenvalue weighted by molar-refractivity contribution is -0.131. The topological polar surface area (TPSA) is 37.3 Å². The van der Waals surface area contributed by atoms with Crippen LogP contribution in [0.1, 0.15) is 79.6 Å². The Bertz CT molecular complexity index is 510. The Hall–Kier alpha value is -1.05. The predicted molar refractivity (Wildman–Crippen MR) is 91.8 cm³/mol. The third-order valence-electron chi connectivity index (χ3n) is 6.38. The number of allylic oxidation sites excluding steroid dienone is 3. The smallest absolute Gasteiger partial charge is 0.328 e. The summed E-state index contributed by atoms with van der Waals surface area (Å²) in [5.74, 6) is -0.0501. The van der Waals surface area contributed by atoms with E-state index in [1.807, 2.05) is 6.92 Å². The summed E-state index contributed by atoms with van der Waals surface area (Å²) in [4.78, 5) is 10.8. The van der Waals surface area contributed by atoms with Gasteiger partial charge in [0.1, 0.15) is 0 Å². The van der Waals surface area contributed by atoms with Crippen LogP contribution in [0.15, 0.2) is 22.8 Å². The molecule has 2 rings (SSSR count). The summed E-state index contributed by atoms with van der Waals surface area (Å²) in [7, 11) is 0. The molecule has 0 radical (unpaired) electrons. The quantitative estimate of drug-likeness (QED) is 0.531. The van der Waals surface area contributed by atoms with Crippen LogP contribution in [0.3, 0.4) is 0 Å². The molecule has 124 valence electrons. The highest BCUT2D eigenvalue weighted by molar-refractivity contribution is 5.80. The van der Waals surface area contributed by atoms with Gasteiger partial charge in [0.2, 0.25) is 0 Å². The predicted octanol–water partition coefficient (Wildman–Crippen LogP) is 5.74. The highest BCUT2D eigenvalue weighted by atomic mass is 16.4. The summed E-state index contributed by atoms with van der Waals surface area (Å²) in [5.41, 5.74) is 4.95. The summed E-state index contributed by atoms with van der Waals surface area (Å²) >= 11 is 0. The second-order valence-corrected chi connectivity index (χ2v) is 8.44. The molecule has 2 aliphatic carbocycles. The van der Waals surface area contributed by atoms with Crippen LogP contribution in [0.2, 0.25) is 0 Å². The number of hydrogen-bond donors (Lipinski definition) is 1. The van der Waals surface area contributed by atoms with Crippen LogP contribution in [0.25, 0.3) is 0 Å². The first-order chi connectivity index (χ1) is 10.2. The molecule has 2 atom stereocenters. The van der Waals surface area contributed by atoms with Gasteiger partial charge in [-0.05, 0) is 69.1 Å². The first kappa shape index (κ1) is 17.3. The van der Waals surface area contributed by atoms with Crippen molar-refractivity contribution in [2.45, 2.75) is 79.6 Å². The molecule has 0 saturated heterocycles. The molecule has 1 fully saturated rings. The van der Waals surface area contributed by atoms with E-state index in [1.54, 1.807) is 11.1 Å². The minimum Gasteiger partial charge on any atom is -0.478 e. The van der Waals surface area contributed by atoms with Crippen LogP contribution in [-0.4, -0.2) is 11.1 Å². The van der Waals surface area contributed by atoms with Gasteiger partial charge in [-0.3, -0.25) is 0 Å². The third kappa shape index (κ3) is 3.31. The normalized spacial score (nSPS) is 31.9. The molecule has 0 aromatic rings. The number of fused-ring (bicyclic) bond motifs is 1. The second-order valence-electron chi connectivity index (χ2n) is 8.44. The molecular weight excluding hydrogens is 272 g/mol. The van der Waals surface area contributed by atoms with Crippen LogP contribution in [0, 0.1) is 16.7 Å². The highest BCUT2D eigenvalue weighted by Gasteiger charge is 2.49. The molecule has 0 bridgehead atoms. The lowest BCUT2D eigenvalue weighted by atomic mass is 9.50. The molecule has 2 nitrogen and oxygen atoms in total. The Morgan fingerprint density at radius 3 is 2.64 bits per heavy atom. The average molecular weight is 304 g/mol. The van der Waals surface area contributed by atoms with E-state index in [1.165, 1.54) is 38.2 Å². The minimum atomic E-state index is -0.824. The maximum absolute atomic E-state index is 10.8. The monoisotopic (exact) mass is 304 g/mol. The molecule has 1 N–H and O–H groups in total. The van der Waals surface area contributed by atoms with Gasteiger partial charge in [-0.1, -0.05) is 43.9 Å². The number of hydrogen-bond acceptors (Lipinski definition) is 1. The van der Waals surface area contributed by atoms with E-state index in [0.29, 0.717) is 10.8 Å². The second kappa shape index (κ2) is 6.22. The van der Waals surface area contributed by atoms with E-state index in [4.69, 9.17) is 5.11 Å². The molecule has 2 heteroatoms. The fraction of sp³-hybridized carbons (Fsp3) is 0.750. The zero-order valence-electron chi connectivity index (χ0n) is 15.0. The average Bonchev–Trinajstić information content (AvgIpc) is 2.35. The molecule has 22 heavy (non-hydrogen) atoms. The van der Waals surface area contributed by atoms with E-state index in [2.05, 4.69) is 27.7 Å². The van der Waals surface area contributed by atoms with Crippen LogP contribution in [0.5, 0.6) is 0 Å². The van der Waals surface area contributed by atoms with Crippen molar-refractivity contribution in [1.82, 2.24) is 0 Å². The van der Waals surface area contributed by atoms with E-state index >= 15 is 0 Å². The van der Waals surface area contributed by atoms with Gasteiger partial charge in [-0.25, -0.2) is 4.79 Å². The number of carbonyl (C=O) groups is 1. The standard InChI is InChI=1S/C20H32O2/c1-14(13-18(21)22)7-9-16-15(2)8-10-17-19(3,4)11-6-12-20(16,17)5/h13,17H,6-12H2,1-5H3,(H,21,22)/b14-13+/t17?,20-/m1/s1. The Labute approximate surface area is 135 Å². The van der Waals surface area contributed by atoms with Crippen molar-refractivity contribution in [2.24, 2.45) is 16.7 Å². The van der Waals surface area contributed by atoms with Gasteiger partial charge in [0, 0.05) is 6.08 Å². The van der Waals surface area contributed by atoms with Crippen molar-refractivity contribution in [1.29, 1.82) is 0 Å². The molecular formula is C20H32O2. The third-order valence-corrected chi connectivity index (χ3v) is 6.38. The highest BCUT2D eigenvalue weighted by Crippen LogP contribution is 2.60. The number of carboxylic acid groups (broad SMARTS) is 1. The summed E-state index contributed by atoms with van der Waals surface area (Å²) in [6, 6.07) is 0. The maximum atomic E-state index is 10.8. The Morgan fingerprint density at radius 2 is 2.00 bits per heavy atom. The molecule has 1 saturated carbocycles. The lowest BCUT2D eigenvalue weighted by Crippen LogP contribution is -2.45. The van der Waals surface area contributed by atoms with E-state index in [0.717, 1.165) is 24.3 Å². The van der Waals surface area contributed by atoms with Gasteiger partial charge >= 0.3 is 5.97 Å². The minimum absolute atomic E-state index is 0.327. The van der Waals surface area contributed by atoms with Gasteiger partial charge in [0.25, 0.3) is 0 Å². The van der Waals surface area contributed by atoms with Gasteiger partial charge < -0.3 is 5.11 Å². The van der Waals surface area contributed by atoms with Crippen molar-refractivity contribution < 1.29 is 9.90 Å². The molecule has 0 spiro atoms. The first-order valence-corrected chi connectivity index (χ1v) is 8.76. The molecule has 0 aromatic heterocycles. The van der Waals surface area contributed by atoms with Crippen LogP contribution in [-0.2, 0) is 4.79 Å².